The first-order chi connectivity index (χ1) is 13.2. The van der Waals surface area contributed by atoms with E-state index in [9.17, 15) is 0 Å². The maximum Gasteiger partial charge on any atom is -0.0119 e. The van der Waals surface area contributed by atoms with Crippen LogP contribution in [0.2, 0.25) is 0 Å². The molecule has 3 rings (SSSR count). The van der Waals surface area contributed by atoms with Gasteiger partial charge >= 0.3 is 0 Å². The Kier molecular flexibility index (Phi) is 6.58. The molecule has 0 N–H and O–H groups in total. The van der Waals surface area contributed by atoms with E-state index < -0.39 is 0 Å². The molecule has 154 valence electrons. The van der Waals surface area contributed by atoms with E-state index in [2.05, 4.69) is 72.7 Å². The third kappa shape index (κ3) is 4.64. The van der Waals surface area contributed by atoms with Gasteiger partial charge < -0.3 is 0 Å². The van der Waals surface area contributed by atoms with Gasteiger partial charge in [0.15, 0.2) is 0 Å². The Balaban J connectivity index is 1.71. The Morgan fingerprint density at radius 2 is 1.89 bits per heavy atom. The minimum absolute atomic E-state index is 0.404. The number of rotatable bonds is 7. The highest BCUT2D eigenvalue weighted by molar-refractivity contribution is 5.48. The maximum atomic E-state index is 2.54. The standard InChI is InChI=1S/C28H42/c1-8-24-22(15-16-28(5,6)7)12-10-13-25(24)21(4)20(3)17-23-18-27-19(2)11-9-14-26(23)27/h10,12-14,20-21,23H,8-9,11,15-18H2,1-7H3. The number of hydrogen-bond acceptors (Lipinski definition) is 0. The molecule has 0 spiro atoms. The monoisotopic (exact) mass is 378 g/mol. The average Bonchev–Trinajstić information content (AvgIpc) is 2.63. The molecule has 1 aromatic rings. The highest BCUT2D eigenvalue weighted by Gasteiger charge is 2.34. The number of aryl methyl sites for hydroxylation is 1. The summed E-state index contributed by atoms with van der Waals surface area (Å²) in [7, 11) is 0. The van der Waals surface area contributed by atoms with Crippen LogP contribution in [0.1, 0.15) is 103 Å². The molecule has 1 fully saturated rings. The molecule has 0 saturated heterocycles. The molecule has 2 aliphatic carbocycles. The van der Waals surface area contributed by atoms with Crippen molar-refractivity contribution in [1.82, 2.24) is 0 Å². The van der Waals surface area contributed by atoms with Crippen LogP contribution < -0.4 is 0 Å². The molecule has 1 saturated carbocycles. The minimum atomic E-state index is 0.404. The maximum absolute atomic E-state index is 2.54. The quantitative estimate of drug-likeness (QED) is 0.446. The molecule has 0 heterocycles. The number of fused-ring (bicyclic) bond motifs is 1. The summed E-state index contributed by atoms with van der Waals surface area (Å²) in [6, 6.07) is 7.10. The minimum Gasteiger partial charge on any atom is -0.0804 e. The average molecular weight is 379 g/mol. The molecule has 3 unspecified atom stereocenters. The molecule has 3 atom stereocenters. The second kappa shape index (κ2) is 8.60. The molecular weight excluding hydrogens is 336 g/mol. The van der Waals surface area contributed by atoms with Gasteiger partial charge in [0.1, 0.15) is 0 Å². The van der Waals surface area contributed by atoms with Gasteiger partial charge in [-0.1, -0.05) is 71.4 Å². The predicted molar refractivity (Wildman–Crippen MR) is 124 cm³/mol. The van der Waals surface area contributed by atoms with Gasteiger partial charge in [0.25, 0.3) is 0 Å². The number of hydrogen-bond donors (Lipinski definition) is 0. The van der Waals surface area contributed by atoms with E-state index in [1.807, 2.05) is 0 Å². The van der Waals surface area contributed by atoms with Crippen LogP contribution in [-0.2, 0) is 12.8 Å². The molecule has 28 heavy (non-hydrogen) atoms. The van der Waals surface area contributed by atoms with Gasteiger partial charge in [0, 0.05) is 0 Å². The first kappa shape index (κ1) is 21.4. The van der Waals surface area contributed by atoms with Crippen molar-refractivity contribution >= 4 is 0 Å². The van der Waals surface area contributed by atoms with E-state index in [4.69, 9.17) is 0 Å². The van der Waals surface area contributed by atoms with E-state index in [1.54, 1.807) is 33.4 Å². The third-order valence-corrected chi connectivity index (χ3v) is 7.45. The SMILES string of the molecule is CCc1c(CCC(C)(C)C)cccc1C(C)C(C)CC1CC2=C(C)CCC=C21. The zero-order valence-electron chi connectivity index (χ0n) is 19.5. The molecule has 0 radical (unpaired) electrons. The summed E-state index contributed by atoms with van der Waals surface area (Å²) in [5.41, 5.74) is 10.3. The molecule has 0 amide bonds. The van der Waals surface area contributed by atoms with Crippen LogP contribution in [0.4, 0.5) is 0 Å². The summed E-state index contributed by atoms with van der Waals surface area (Å²) in [6.07, 6.45) is 11.4. The summed E-state index contributed by atoms with van der Waals surface area (Å²) < 4.78 is 0. The summed E-state index contributed by atoms with van der Waals surface area (Å²) in [5, 5.41) is 0. The normalized spacial score (nSPS) is 21.7. The van der Waals surface area contributed by atoms with Crippen molar-refractivity contribution in [2.45, 2.75) is 99.3 Å². The van der Waals surface area contributed by atoms with Crippen LogP contribution >= 0.6 is 0 Å². The third-order valence-electron chi connectivity index (χ3n) is 7.45. The fourth-order valence-corrected chi connectivity index (χ4v) is 5.32. The van der Waals surface area contributed by atoms with Gasteiger partial charge in [-0.3, -0.25) is 0 Å². The molecule has 0 bridgehead atoms. The first-order valence-electron chi connectivity index (χ1n) is 11.7. The summed E-state index contributed by atoms with van der Waals surface area (Å²) in [5.74, 6) is 2.19. The first-order valence-corrected chi connectivity index (χ1v) is 11.7. The zero-order valence-corrected chi connectivity index (χ0v) is 19.5. The Hall–Kier alpha value is -1.30. The van der Waals surface area contributed by atoms with Crippen LogP contribution in [0.3, 0.4) is 0 Å². The topological polar surface area (TPSA) is 0 Å². The molecule has 0 nitrogen and oxygen atoms in total. The molecular formula is C28H42. The van der Waals surface area contributed by atoms with Gasteiger partial charge in [-0.05, 0) is 103 Å². The lowest BCUT2D eigenvalue weighted by molar-refractivity contribution is 0.352. The second-order valence-corrected chi connectivity index (χ2v) is 10.8. The van der Waals surface area contributed by atoms with Gasteiger partial charge in [0.2, 0.25) is 0 Å². The van der Waals surface area contributed by atoms with Crippen molar-refractivity contribution in [1.29, 1.82) is 0 Å². The fraction of sp³-hybridized carbons (Fsp3) is 0.643. The Morgan fingerprint density at radius 3 is 2.57 bits per heavy atom. The van der Waals surface area contributed by atoms with Gasteiger partial charge in [-0.2, -0.15) is 0 Å². The lowest BCUT2D eigenvalue weighted by Gasteiger charge is -2.40. The van der Waals surface area contributed by atoms with Crippen LogP contribution in [0.5, 0.6) is 0 Å². The largest absolute Gasteiger partial charge is 0.0804 e. The van der Waals surface area contributed by atoms with Gasteiger partial charge in [-0.25, -0.2) is 0 Å². The van der Waals surface area contributed by atoms with Crippen LogP contribution in [-0.4, -0.2) is 0 Å². The van der Waals surface area contributed by atoms with Crippen molar-refractivity contribution in [3.63, 3.8) is 0 Å². The fourth-order valence-electron chi connectivity index (χ4n) is 5.32. The van der Waals surface area contributed by atoms with Crippen LogP contribution in [0.25, 0.3) is 0 Å². The molecule has 0 aromatic heterocycles. The summed E-state index contributed by atoms with van der Waals surface area (Å²) >= 11 is 0. The summed E-state index contributed by atoms with van der Waals surface area (Å²) in [4.78, 5) is 0. The number of benzene rings is 1. The van der Waals surface area contributed by atoms with Crippen LogP contribution in [0.15, 0.2) is 41.0 Å². The van der Waals surface area contributed by atoms with Crippen molar-refractivity contribution in [3.05, 3.63) is 57.7 Å². The van der Waals surface area contributed by atoms with Crippen molar-refractivity contribution in [2.24, 2.45) is 17.3 Å². The lowest BCUT2D eigenvalue weighted by Crippen LogP contribution is -2.26. The van der Waals surface area contributed by atoms with E-state index in [-0.39, 0.29) is 0 Å². The van der Waals surface area contributed by atoms with Crippen LogP contribution in [0, 0.1) is 17.3 Å². The van der Waals surface area contributed by atoms with Crippen molar-refractivity contribution in [3.8, 4) is 0 Å². The Morgan fingerprint density at radius 1 is 1.14 bits per heavy atom. The predicted octanol–water partition coefficient (Wildman–Crippen LogP) is 8.41. The second-order valence-electron chi connectivity index (χ2n) is 10.8. The lowest BCUT2D eigenvalue weighted by atomic mass is 9.65. The smallest absolute Gasteiger partial charge is 0.0119 e. The molecule has 2 aliphatic rings. The van der Waals surface area contributed by atoms with E-state index in [0.717, 1.165) is 18.3 Å². The summed E-state index contributed by atoms with van der Waals surface area (Å²) in [6.45, 7) is 16.7. The van der Waals surface area contributed by atoms with E-state index in [0.29, 0.717) is 11.3 Å². The molecule has 1 aromatic carbocycles. The van der Waals surface area contributed by atoms with Crippen molar-refractivity contribution in [2.75, 3.05) is 0 Å². The van der Waals surface area contributed by atoms with Crippen molar-refractivity contribution < 1.29 is 0 Å². The molecule has 0 aliphatic heterocycles. The highest BCUT2D eigenvalue weighted by atomic mass is 14.4. The number of allylic oxidation sites excluding steroid dienone is 4. The van der Waals surface area contributed by atoms with E-state index in [1.165, 1.54) is 38.5 Å². The van der Waals surface area contributed by atoms with E-state index >= 15 is 0 Å². The molecule has 0 heteroatoms. The highest BCUT2D eigenvalue weighted by Crippen LogP contribution is 2.49. The Bertz CT molecular complexity index is 753. The zero-order chi connectivity index (χ0) is 20.5. The van der Waals surface area contributed by atoms with Gasteiger partial charge in [-0.15, -0.1) is 0 Å². The Labute approximate surface area is 174 Å². The van der Waals surface area contributed by atoms with Gasteiger partial charge in [0.05, 0.1) is 0 Å².